The van der Waals surface area contributed by atoms with E-state index in [1.807, 2.05) is 6.92 Å². The third-order valence-corrected chi connectivity index (χ3v) is 2.01. The molecular formula is C7H6ClN3. The molecule has 2 aromatic heterocycles. The molecule has 0 fully saturated rings. The molecule has 2 heterocycles. The quantitative estimate of drug-likeness (QED) is 0.559. The summed E-state index contributed by atoms with van der Waals surface area (Å²) in [6.45, 7) is 1.91. The van der Waals surface area contributed by atoms with Crippen LogP contribution in [-0.2, 0) is 0 Å². The number of rotatable bonds is 0. The summed E-state index contributed by atoms with van der Waals surface area (Å²) in [6, 6.07) is 0. The SMILES string of the molecule is Cc1cnc2nccn2c1Cl. The van der Waals surface area contributed by atoms with Crippen LogP contribution in [0.25, 0.3) is 5.78 Å². The monoisotopic (exact) mass is 167 g/mol. The molecule has 11 heavy (non-hydrogen) atoms. The van der Waals surface area contributed by atoms with Crippen LogP contribution in [-0.4, -0.2) is 14.4 Å². The van der Waals surface area contributed by atoms with E-state index in [1.165, 1.54) is 0 Å². The van der Waals surface area contributed by atoms with Crippen molar-refractivity contribution in [3.8, 4) is 0 Å². The van der Waals surface area contributed by atoms with Gasteiger partial charge in [-0.05, 0) is 6.92 Å². The van der Waals surface area contributed by atoms with Gasteiger partial charge < -0.3 is 0 Å². The van der Waals surface area contributed by atoms with Gasteiger partial charge in [0.1, 0.15) is 5.15 Å². The molecule has 0 aromatic carbocycles. The molecule has 0 atom stereocenters. The molecule has 4 heteroatoms. The first-order valence-corrected chi connectivity index (χ1v) is 3.61. The highest BCUT2D eigenvalue weighted by molar-refractivity contribution is 6.30. The normalized spacial score (nSPS) is 10.7. The number of halogens is 1. The molecule has 2 aromatic rings. The van der Waals surface area contributed by atoms with E-state index < -0.39 is 0 Å². The van der Waals surface area contributed by atoms with Crippen LogP contribution in [0.2, 0.25) is 5.15 Å². The Morgan fingerprint density at radius 1 is 1.45 bits per heavy atom. The fourth-order valence-corrected chi connectivity index (χ4v) is 1.12. The summed E-state index contributed by atoms with van der Waals surface area (Å²) >= 11 is 5.95. The second-order valence-corrected chi connectivity index (χ2v) is 2.69. The Bertz CT molecular complexity index is 393. The van der Waals surface area contributed by atoms with Gasteiger partial charge in [0.15, 0.2) is 0 Å². The van der Waals surface area contributed by atoms with Gasteiger partial charge in [-0.3, -0.25) is 4.40 Å². The van der Waals surface area contributed by atoms with E-state index in [4.69, 9.17) is 11.6 Å². The second-order valence-electron chi connectivity index (χ2n) is 2.33. The van der Waals surface area contributed by atoms with Crippen molar-refractivity contribution >= 4 is 17.4 Å². The van der Waals surface area contributed by atoms with Gasteiger partial charge in [-0.15, -0.1) is 0 Å². The maximum atomic E-state index is 5.95. The van der Waals surface area contributed by atoms with Crippen molar-refractivity contribution in [1.82, 2.24) is 14.4 Å². The third-order valence-electron chi connectivity index (χ3n) is 1.53. The molecule has 0 radical (unpaired) electrons. The van der Waals surface area contributed by atoms with E-state index in [0.29, 0.717) is 10.9 Å². The minimum absolute atomic E-state index is 0.639. The van der Waals surface area contributed by atoms with Gasteiger partial charge in [-0.2, -0.15) is 0 Å². The molecule has 56 valence electrons. The molecule has 0 aliphatic heterocycles. The van der Waals surface area contributed by atoms with Crippen LogP contribution in [0.3, 0.4) is 0 Å². The summed E-state index contributed by atoms with van der Waals surface area (Å²) in [5, 5.41) is 0.674. The Labute approximate surface area is 68.7 Å². The molecule has 0 saturated heterocycles. The predicted molar refractivity (Wildman–Crippen MR) is 42.7 cm³/mol. The van der Waals surface area contributed by atoms with Crippen LogP contribution in [0.4, 0.5) is 0 Å². The van der Waals surface area contributed by atoms with E-state index in [1.54, 1.807) is 23.0 Å². The number of aromatic nitrogens is 3. The average Bonchev–Trinajstić information content (AvgIpc) is 2.45. The zero-order valence-electron chi connectivity index (χ0n) is 5.95. The van der Waals surface area contributed by atoms with E-state index in [9.17, 15) is 0 Å². The van der Waals surface area contributed by atoms with Gasteiger partial charge in [0.25, 0.3) is 0 Å². The smallest absolute Gasteiger partial charge is 0.234 e. The van der Waals surface area contributed by atoms with Crippen molar-refractivity contribution in [1.29, 1.82) is 0 Å². The first-order valence-electron chi connectivity index (χ1n) is 3.23. The Hall–Kier alpha value is -1.09. The van der Waals surface area contributed by atoms with Gasteiger partial charge in [0, 0.05) is 24.2 Å². The fourth-order valence-electron chi connectivity index (χ4n) is 0.942. The predicted octanol–water partition coefficient (Wildman–Crippen LogP) is 1.69. The molecule has 0 N–H and O–H groups in total. The Balaban J connectivity index is 2.93. The summed E-state index contributed by atoms with van der Waals surface area (Å²) in [6.07, 6.45) is 5.18. The number of hydrogen-bond acceptors (Lipinski definition) is 2. The highest BCUT2D eigenvalue weighted by Crippen LogP contribution is 2.13. The minimum Gasteiger partial charge on any atom is -0.274 e. The van der Waals surface area contributed by atoms with E-state index in [0.717, 1.165) is 5.56 Å². The Morgan fingerprint density at radius 3 is 3.09 bits per heavy atom. The molecule has 0 spiro atoms. The lowest BCUT2D eigenvalue weighted by Gasteiger charge is -1.98. The number of nitrogens with zero attached hydrogens (tertiary/aromatic N) is 3. The van der Waals surface area contributed by atoms with Gasteiger partial charge in [0.05, 0.1) is 0 Å². The topological polar surface area (TPSA) is 30.2 Å². The Kier molecular flexibility index (Phi) is 1.32. The molecular weight excluding hydrogens is 162 g/mol. The molecule has 3 nitrogen and oxygen atoms in total. The van der Waals surface area contributed by atoms with E-state index >= 15 is 0 Å². The highest BCUT2D eigenvalue weighted by atomic mass is 35.5. The van der Waals surface area contributed by atoms with Gasteiger partial charge in [0.2, 0.25) is 5.78 Å². The molecule has 0 aliphatic carbocycles. The first kappa shape index (κ1) is 6.61. The third kappa shape index (κ3) is 0.886. The highest BCUT2D eigenvalue weighted by Gasteiger charge is 2.01. The molecule has 0 amide bonds. The lowest BCUT2D eigenvalue weighted by atomic mass is 10.4. The Morgan fingerprint density at radius 2 is 2.27 bits per heavy atom. The minimum atomic E-state index is 0.639. The summed E-state index contributed by atoms with van der Waals surface area (Å²) in [5.41, 5.74) is 0.956. The van der Waals surface area contributed by atoms with Crippen LogP contribution in [0.15, 0.2) is 18.6 Å². The molecule has 0 saturated carbocycles. The van der Waals surface area contributed by atoms with Crippen molar-refractivity contribution in [2.24, 2.45) is 0 Å². The van der Waals surface area contributed by atoms with Gasteiger partial charge >= 0.3 is 0 Å². The van der Waals surface area contributed by atoms with Crippen molar-refractivity contribution < 1.29 is 0 Å². The zero-order valence-corrected chi connectivity index (χ0v) is 6.71. The van der Waals surface area contributed by atoms with Gasteiger partial charge in [-0.1, -0.05) is 11.6 Å². The van der Waals surface area contributed by atoms with Crippen molar-refractivity contribution in [3.05, 3.63) is 29.3 Å². The number of fused-ring (bicyclic) bond motifs is 1. The average molecular weight is 168 g/mol. The molecule has 0 bridgehead atoms. The largest absolute Gasteiger partial charge is 0.274 e. The van der Waals surface area contributed by atoms with Crippen molar-refractivity contribution in [3.63, 3.8) is 0 Å². The molecule has 0 unspecified atom stereocenters. The van der Waals surface area contributed by atoms with Gasteiger partial charge in [-0.25, -0.2) is 9.97 Å². The van der Waals surface area contributed by atoms with Crippen LogP contribution >= 0.6 is 11.6 Å². The molecule has 2 rings (SSSR count). The maximum absolute atomic E-state index is 5.95. The zero-order chi connectivity index (χ0) is 7.84. The van der Waals surface area contributed by atoms with Crippen LogP contribution in [0, 0.1) is 6.92 Å². The fraction of sp³-hybridized carbons (Fsp3) is 0.143. The first-order chi connectivity index (χ1) is 5.29. The lowest BCUT2D eigenvalue weighted by Crippen LogP contribution is -1.91. The summed E-state index contributed by atoms with van der Waals surface area (Å²) in [4.78, 5) is 8.06. The number of aryl methyl sites for hydroxylation is 1. The van der Waals surface area contributed by atoms with Crippen LogP contribution in [0.1, 0.15) is 5.56 Å². The van der Waals surface area contributed by atoms with Crippen LogP contribution in [0.5, 0.6) is 0 Å². The van der Waals surface area contributed by atoms with Crippen molar-refractivity contribution in [2.45, 2.75) is 6.92 Å². The number of imidazole rings is 1. The lowest BCUT2D eigenvalue weighted by molar-refractivity contribution is 1.08. The summed E-state index contributed by atoms with van der Waals surface area (Å²) in [5.74, 6) is 0.639. The van der Waals surface area contributed by atoms with E-state index in [-0.39, 0.29) is 0 Å². The van der Waals surface area contributed by atoms with Crippen molar-refractivity contribution in [2.75, 3.05) is 0 Å². The standard InChI is InChI=1S/C7H6ClN3/c1-5-4-10-7-9-2-3-11(7)6(5)8/h2-4H,1H3. The van der Waals surface area contributed by atoms with Crippen LogP contribution < -0.4 is 0 Å². The summed E-state index contributed by atoms with van der Waals surface area (Å²) < 4.78 is 1.75. The maximum Gasteiger partial charge on any atom is 0.234 e. The summed E-state index contributed by atoms with van der Waals surface area (Å²) in [7, 11) is 0. The second kappa shape index (κ2) is 2.20. The van der Waals surface area contributed by atoms with E-state index in [2.05, 4.69) is 9.97 Å². The molecule has 0 aliphatic rings. The number of hydrogen-bond donors (Lipinski definition) is 0.